The van der Waals surface area contributed by atoms with E-state index < -0.39 is 36.7 Å². The van der Waals surface area contributed by atoms with Crippen LogP contribution in [0.4, 0.5) is 13.2 Å². The van der Waals surface area contributed by atoms with Gasteiger partial charge < -0.3 is 53.5 Å². The van der Waals surface area contributed by atoms with Gasteiger partial charge in [0.1, 0.15) is 6.61 Å². The van der Waals surface area contributed by atoms with Gasteiger partial charge in [0, 0.05) is 11.1 Å². The molecule has 4 rings (SSSR count). The summed E-state index contributed by atoms with van der Waals surface area (Å²) in [5, 5.41) is 23.8. The number of rotatable bonds is 14. The summed E-state index contributed by atoms with van der Waals surface area (Å²) in [6.07, 6.45) is 0.267. The highest BCUT2D eigenvalue weighted by Gasteiger charge is 2.41. The standard InChI is InChI=1S/C28H32Br2N2O11.C2HF3O2/c1-5-6-7-8-9-43-31-10-14(11-33)32-27(34)17-15(21-25(41-12-39-21)23(36-2)19(17)29)16-18(28(35)38-4)20(30)24(37-3)26-22(16)40-13-42-26;3-2(4,5)1(6)7/h10,14,33H,5-9,11-13H2,1-4H3,(H,32,34);(H,6,7)/b31-10+;. The maximum Gasteiger partial charge on any atom is 0.490 e. The molecule has 1 amide bonds. The van der Waals surface area contributed by atoms with Gasteiger partial charge in [0.2, 0.25) is 25.1 Å². The van der Waals surface area contributed by atoms with E-state index in [-0.39, 0.29) is 79.3 Å². The maximum absolute atomic E-state index is 14.0. The lowest BCUT2D eigenvalue weighted by Gasteiger charge is -2.22. The predicted octanol–water partition coefficient (Wildman–Crippen LogP) is 5.45. The molecule has 2 aromatic carbocycles. The lowest BCUT2D eigenvalue weighted by molar-refractivity contribution is -0.192. The average molecular weight is 846 g/mol. The zero-order valence-corrected chi connectivity index (χ0v) is 30.2. The first-order valence-corrected chi connectivity index (χ1v) is 16.2. The van der Waals surface area contributed by atoms with Crippen molar-refractivity contribution < 1.29 is 75.8 Å². The van der Waals surface area contributed by atoms with Crippen LogP contribution in [-0.4, -0.2) is 94.6 Å². The molecule has 0 saturated carbocycles. The van der Waals surface area contributed by atoms with Gasteiger partial charge >= 0.3 is 18.1 Å². The van der Waals surface area contributed by atoms with Crippen LogP contribution in [-0.2, 0) is 14.4 Å². The van der Waals surface area contributed by atoms with Crippen LogP contribution in [0.5, 0.6) is 34.5 Å². The Morgan fingerprint density at radius 3 is 1.86 bits per heavy atom. The van der Waals surface area contributed by atoms with Crippen molar-refractivity contribution in [1.29, 1.82) is 0 Å². The van der Waals surface area contributed by atoms with Crippen LogP contribution in [0.15, 0.2) is 14.1 Å². The Balaban J connectivity index is 0.000000872. The van der Waals surface area contributed by atoms with Crippen molar-refractivity contribution in [3.05, 3.63) is 20.1 Å². The Labute approximate surface area is 300 Å². The number of methoxy groups -OCH3 is 3. The minimum atomic E-state index is -5.08. The normalized spacial score (nSPS) is 13.3. The van der Waals surface area contributed by atoms with E-state index in [1.54, 1.807) is 0 Å². The lowest BCUT2D eigenvalue weighted by atomic mass is 9.91. The smallest absolute Gasteiger partial charge is 0.490 e. The number of amides is 1. The SMILES string of the molecule is CCCCCCO/N=C/C(CO)NC(=O)c1c(Br)c(OC)c2c(c1-c1c3c(c(OC)c(Br)c1C(=O)OC)OCO3)OCO2.O=C(O)C(F)(F)F. The number of aliphatic hydroxyl groups is 1. The summed E-state index contributed by atoms with van der Waals surface area (Å²) in [7, 11) is 4.03. The van der Waals surface area contributed by atoms with Crippen molar-refractivity contribution in [2.24, 2.45) is 5.16 Å². The van der Waals surface area contributed by atoms with Crippen LogP contribution in [0.1, 0.15) is 53.3 Å². The van der Waals surface area contributed by atoms with Gasteiger partial charge in [-0.05, 0) is 44.7 Å². The Kier molecular flexibility index (Phi) is 14.6. The van der Waals surface area contributed by atoms with Crippen molar-refractivity contribution in [2.75, 3.05) is 48.1 Å². The third-order valence-corrected chi connectivity index (χ3v) is 8.38. The summed E-state index contributed by atoms with van der Waals surface area (Å²) in [5.74, 6) is -3.23. The van der Waals surface area contributed by atoms with Crippen molar-refractivity contribution in [3.8, 4) is 45.6 Å². The van der Waals surface area contributed by atoms with Crippen molar-refractivity contribution >= 4 is 55.9 Å². The maximum atomic E-state index is 14.0. The highest BCUT2D eigenvalue weighted by atomic mass is 79.9. The second-order valence-electron chi connectivity index (χ2n) is 10.0. The number of hydrogen-bond acceptors (Lipinski definition) is 13. The van der Waals surface area contributed by atoms with Crippen LogP contribution in [0.2, 0.25) is 0 Å². The van der Waals surface area contributed by atoms with Crippen LogP contribution < -0.4 is 33.7 Å². The molecule has 0 aliphatic carbocycles. The number of nitrogens with zero attached hydrogens (tertiary/aromatic N) is 1. The summed E-state index contributed by atoms with van der Waals surface area (Å²) in [6.45, 7) is 1.67. The van der Waals surface area contributed by atoms with E-state index in [0.717, 1.165) is 25.7 Å². The van der Waals surface area contributed by atoms with Gasteiger partial charge in [-0.2, -0.15) is 13.2 Å². The Hall–Kier alpha value is -4.17. The molecule has 0 saturated heterocycles. The second-order valence-corrected chi connectivity index (χ2v) is 11.6. The summed E-state index contributed by atoms with van der Waals surface area (Å²) in [4.78, 5) is 41.5. The minimum Gasteiger partial charge on any atom is -0.492 e. The molecule has 2 heterocycles. The first-order valence-electron chi connectivity index (χ1n) is 14.6. The fraction of sp³-hybridized carbons (Fsp3) is 0.467. The van der Waals surface area contributed by atoms with Crippen LogP contribution >= 0.6 is 31.9 Å². The number of carboxylic acid groups (broad SMARTS) is 1. The van der Waals surface area contributed by atoms with Crippen molar-refractivity contribution in [1.82, 2.24) is 5.32 Å². The zero-order valence-electron chi connectivity index (χ0n) is 27.0. The number of oxime groups is 1. The Morgan fingerprint density at radius 2 is 1.40 bits per heavy atom. The fourth-order valence-electron chi connectivity index (χ4n) is 4.62. The molecule has 0 aromatic heterocycles. The molecule has 3 N–H and O–H groups in total. The first-order chi connectivity index (χ1) is 23.8. The molecule has 20 heteroatoms. The van der Waals surface area contributed by atoms with E-state index in [1.165, 1.54) is 27.5 Å². The highest BCUT2D eigenvalue weighted by Crippen LogP contribution is 2.60. The average Bonchev–Trinajstić information content (AvgIpc) is 3.76. The van der Waals surface area contributed by atoms with E-state index in [4.69, 9.17) is 47.9 Å². The van der Waals surface area contributed by atoms with E-state index in [0.29, 0.717) is 6.61 Å². The van der Waals surface area contributed by atoms with Crippen LogP contribution in [0, 0.1) is 0 Å². The highest BCUT2D eigenvalue weighted by molar-refractivity contribution is 9.11. The molecule has 15 nitrogen and oxygen atoms in total. The molecule has 50 heavy (non-hydrogen) atoms. The number of halogens is 5. The molecule has 1 atom stereocenters. The molecule has 1 unspecified atom stereocenters. The van der Waals surface area contributed by atoms with E-state index in [1.807, 2.05) is 0 Å². The number of nitrogens with one attached hydrogen (secondary N) is 1. The number of alkyl halides is 3. The largest absolute Gasteiger partial charge is 0.492 e. The number of carboxylic acids is 1. The number of aliphatic hydroxyl groups excluding tert-OH is 1. The summed E-state index contributed by atoms with van der Waals surface area (Å²) < 4.78 is 71.4. The molecule has 0 bridgehead atoms. The van der Waals surface area contributed by atoms with E-state index >= 15 is 0 Å². The molecule has 0 radical (unpaired) electrons. The monoisotopic (exact) mass is 844 g/mol. The minimum absolute atomic E-state index is 0.0200. The molecule has 2 aliphatic heterocycles. The number of carbonyl (C=O) groups is 3. The zero-order chi connectivity index (χ0) is 37.2. The fourth-order valence-corrected chi connectivity index (χ4v) is 6.04. The molecule has 2 aliphatic rings. The Bertz CT molecular complexity index is 1610. The van der Waals surface area contributed by atoms with Gasteiger partial charge in [0.05, 0.1) is 60.3 Å². The number of ether oxygens (including phenoxy) is 7. The number of benzene rings is 2. The number of esters is 1. The van der Waals surface area contributed by atoms with Gasteiger partial charge in [-0.3, -0.25) is 4.79 Å². The van der Waals surface area contributed by atoms with Gasteiger partial charge in [0.25, 0.3) is 5.91 Å². The molecule has 0 spiro atoms. The Morgan fingerprint density at radius 1 is 0.900 bits per heavy atom. The van der Waals surface area contributed by atoms with Crippen molar-refractivity contribution in [3.63, 3.8) is 0 Å². The first kappa shape index (κ1) is 40.3. The van der Waals surface area contributed by atoms with Crippen LogP contribution in [0.25, 0.3) is 11.1 Å². The topological polar surface area (TPSA) is 190 Å². The lowest BCUT2D eigenvalue weighted by Crippen LogP contribution is -2.39. The summed E-state index contributed by atoms with van der Waals surface area (Å²) >= 11 is 6.93. The van der Waals surface area contributed by atoms with E-state index in [9.17, 15) is 27.9 Å². The number of carbonyl (C=O) groups excluding carboxylic acids is 2. The quantitative estimate of drug-likeness (QED) is 0.0944. The van der Waals surface area contributed by atoms with E-state index in [2.05, 4.69) is 49.3 Å². The molecular weight excluding hydrogens is 813 g/mol. The molecule has 276 valence electrons. The van der Waals surface area contributed by atoms with Gasteiger partial charge in [0.15, 0.2) is 23.0 Å². The third-order valence-electron chi connectivity index (χ3n) is 6.86. The second kappa shape index (κ2) is 18.2. The third kappa shape index (κ3) is 8.94. The van der Waals surface area contributed by atoms with Crippen molar-refractivity contribution in [2.45, 2.75) is 44.8 Å². The number of fused-ring (bicyclic) bond motifs is 2. The molecule has 2 aromatic rings. The predicted molar refractivity (Wildman–Crippen MR) is 175 cm³/mol. The number of aliphatic carboxylic acids is 1. The molecular formula is C30H33Br2F3N2O13. The number of hydrogen-bond donors (Lipinski definition) is 3. The van der Waals surface area contributed by atoms with Gasteiger partial charge in [-0.15, -0.1) is 0 Å². The van der Waals surface area contributed by atoms with Gasteiger partial charge in [-0.1, -0.05) is 24.9 Å². The summed E-state index contributed by atoms with van der Waals surface area (Å²) in [5.41, 5.74) is 0.188. The summed E-state index contributed by atoms with van der Waals surface area (Å²) in [6, 6.07) is -0.924. The number of unbranched alkanes of at least 4 members (excludes halogenated alkanes) is 3. The molecule has 0 fully saturated rings. The van der Waals surface area contributed by atoms with Gasteiger partial charge in [-0.25, -0.2) is 9.59 Å². The van der Waals surface area contributed by atoms with Crippen LogP contribution in [0.3, 0.4) is 0 Å².